The van der Waals surface area contributed by atoms with Gasteiger partial charge in [0.1, 0.15) is 0 Å². The molecule has 1 fully saturated rings. The zero-order chi connectivity index (χ0) is 10.8. The number of rotatable bonds is 3. The van der Waals surface area contributed by atoms with Crippen molar-refractivity contribution < 1.29 is 13.2 Å². The molecule has 0 aromatic carbocycles. The smallest absolute Gasteiger partial charge is 0.217 e. The Morgan fingerprint density at radius 1 is 1.57 bits per heavy atom. The number of hydrogen-bond acceptors (Lipinski definition) is 3. The molecule has 0 radical (unpaired) electrons. The highest BCUT2D eigenvalue weighted by Crippen LogP contribution is 2.20. The number of nitrogens with zero attached hydrogens (tertiary/aromatic N) is 1. The molecule has 0 spiro atoms. The van der Waals surface area contributed by atoms with Crippen molar-refractivity contribution in [3.63, 3.8) is 0 Å². The van der Waals surface area contributed by atoms with Crippen molar-refractivity contribution in [1.29, 1.82) is 0 Å². The van der Waals surface area contributed by atoms with Crippen molar-refractivity contribution >= 4 is 15.9 Å². The maximum atomic E-state index is 11.2. The number of nitrogens with two attached hydrogens (primary N) is 1. The fourth-order valence-corrected chi connectivity index (χ4v) is 2.72. The van der Waals surface area contributed by atoms with Gasteiger partial charge in [0.05, 0.1) is 6.26 Å². The van der Waals surface area contributed by atoms with Crippen molar-refractivity contribution in [3.05, 3.63) is 0 Å². The lowest BCUT2D eigenvalue weighted by atomic mass is 9.96. The van der Waals surface area contributed by atoms with Crippen LogP contribution in [0.15, 0.2) is 0 Å². The molecule has 0 aliphatic carbocycles. The summed E-state index contributed by atoms with van der Waals surface area (Å²) in [4.78, 5) is 10.7. The van der Waals surface area contributed by atoms with Gasteiger partial charge in [-0.15, -0.1) is 0 Å². The molecule has 0 bridgehead atoms. The molecule has 0 aromatic rings. The molecule has 1 aliphatic rings. The van der Waals surface area contributed by atoms with Crippen molar-refractivity contribution in [2.75, 3.05) is 19.3 Å². The Labute approximate surface area is 84.3 Å². The number of sulfonamides is 1. The first-order valence-corrected chi connectivity index (χ1v) is 6.48. The number of primary amides is 1. The second kappa shape index (κ2) is 4.27. The van der Waals surface area contributed by atoms with E-state index in [9.17, 15) is 13.2 Å². The molecule has 1 amide bonds. The van der Waals surface area contributed by atoms with Crippen LogP contribution in [0.4, 0.5) is 0 Å². The van der Waals surface area contributed by atoms with Crippen LogP contribution in [0.3, 0.4) is 0 Å². The summed E-state index contributed by atoms with van der Waals surface area (Å²) >= 11 is 0. The number of hydrogen-bond donors (Lipinski definition) is 1. The van der Waals surface area contributed by atoms with E-state index in [0.717, 1.165) is 12.8 Å². The second-order valence-corrected chi connectivity index (χ2v) is 5.78. The maximum Gasteiger partial charge on any atom is 0.217 e. The van der Waals surface area contributed by atoms with Gasteiger partial charge in [0.25, 0.3) is 0 Å². The normalized spacial score (nSPS) is 24.8. The average Bonchev–Trinajstić information content (AvgIpc) is 2.01. The SMILES string of the molecule is CS(=O)(=O)N1CCC[C@@H](CC(N)=O)C1. The Morgan fingerprint density at radius 3 is 2.71 bits per heavy atom. The molecule has 6 heteroatoms. The van der Waals surface area contributed by atoms with Gasteiger partial charge in [0.15, 0.2) is 0 Å². The lowest BCUT2D eigenvalue weighted by molar-refractivity contribution is -0.119. The van der Waals surface area contributed by atoms with Gasteiger partial charge in [0, 0.05) is 19.5 Å². The first-order chi connectivity index (χ1) is 6.39. The van der Waals surface area contributed by atoms with E-state index in [1.807, 2.05) is 0 Å². The van der Waals surface area contributed by atoms with Crippen LogP contribution in [0.5, 0.6) is 0 Å². The molecule has 1 rings (SSSR count). The van der Waals surface area contributed by atoms with Crippen LogP contribution < -0.4 is 5.73 Å². The lowest BCUT2D eigenvalue weighted by Gasteiger charge is -2.30. The molecule has 0 aromatic heterocycles. The molecule has 82 valence electrons. The number of piperidine rings is 1. The first-order valence-electron chi connectivity index (χ1n) is 4.63. The molecule has 5 nitrogen and oxygen atoms in total. The summed E-state index contributed by atoms with van der Waals surface area (Å²) in [5, 5.41) is 0. The topological polar surface area (TPSA) is 80.5 Å². The number of amides is 1. The van der Waals surface area contributed by atoms with Gasteiger partial charge in [-0.1, -0.05) is 0 Å². The summed E-state index contributed by atoms with van der Waals surface area (Å²) in [6.45, 7) is 0.996. The van der Waals surface area contributed by atoms with Crippen LogP contribution in [-0.2, 0) is 14.8 Å². The third-order valence-corrected chi connectivity index (χ3v) is 3.71. The monoisotopic (exact) mass is 220 g/mol. The zero-order valence-corrected chi connectivity index (χ0v) is 9.09. The van der Waals surface area contributed by atoms with Gasteiger partial charge in [-0.25, -0.2) is 12.7 Å². The Kier molecular flexibility index (Phi) is 3.49. The molecule has 2 N–H and O–H groups in total. The van der Waals surface area contributed by atoms with Gasteiger partial charge in [0.2, 0.25) is 15.9 Å². The van der Waals surface area contributed by atoms with E-state index in [0.29, 0.717) is 13.1 Å². The van der Waals surface area contributed by atoms with Gasteiger partial charge in [-0.05, 0) is 18.8 Å². The number of carbonyl (C=O) groups is 1. The summed E-state index contributed by atoms with van der Waals surface area (Å²) < 4.78 is 23.9. The van der Waals surface area contributed by atoms with Gasteiger partial charge in [-0.3, -0.25) is 4.79 Å². The van der Waals surface area contributed by atoms with E-state index in [2.05, 4.69) is 0 Å². The Balaban J connectivity index is 2.56. The molecule has 14 heavy (non-hydrogen) atoms. The summed E-state index contributed by atoms with van der Waals surface area (Å²) in [6.07, 6.45) is 3.17. The van der Waals surface area contributed by atoms with Gasteiger partial charge < -0.3 is 5.73 Å². The molecule has 1 heterocycles. The standard InChI is InChI=1S/C8H16N2O3S/c1-14(12,13)10-4-2-3-7(6-10)5-8(9)11/h7H,2-6H2,1H3,(H2,9,11)/t7-/m0/s1. The van der Waals surface area contributed by atoms with Crippen LogP contribution >= 0.6 is 0 Å². The second-order valence-electron chi connectivity index (χ2n) is 3.80. The Bertz CT molecular complexity index is 313. The fraction of sp³-hybridized carbons (Fsp3) is 0.875. The minimum absolute atomic E-state index is 0.0935. The van der Waals surface area contributed by atoms with Crippen molar-refractivity contribution in [3.8, 4) is 0 Å². The number of carbonyl (C=O) groups excluding carboxylic acids is 1. The van der Waals surface area contributed by atoms with E-state index in [-0.39, 0.29) is 18.2 Å². The lowest BCUT2D eigenvalue weighted by Crippen LogP contribution is -2.40. The van der Waals surface area contributed by atoms with Crippen molar-refractivity contribution in [1.82, 2.24) is 4.31 Å². The van der Waals surface area contributed by atoms with Gasteiger partial charge in [-0.2, -0.15) is 0 Å². The van der Waals surface area contributed by atoms with Crippen LogP contribution in [0.25, 0.3) is 0 Å². The van der Waals surface area contributed by atoms with Crippen LogP contribution in [0, 0.1) is 5.92 Å². The van der Waals surface area contributed by atoms with Crippen LogP contribution in [-0.4, -0.2) is 38.0 Å². The highest BCUT2D eigenvalue weighted by Gasteiger charge is 2.26. The van der Waals surface area contributed by atoms with E-state index in [4.69, 9.17) is 5.73 Å². The van der Waals surface area contributed by atoms with Crippen molar-refractivity contribution in [2.24, 2.45) is 11.7 Å². The molecular formula is C8H16N2O3S. The maximum absolute atomic E-state index is 11.2. The van der Waals surface area contributed by atoms with E-state index in [1.165, 1.54) is 10.6 Å². The third-order valence-electron chi connectivity index (χ3n) is 2.44. The molecule has 1 atom stereocenters. The summed E-state index contributed by atoms with van der Waals surface area (Å²) in [5.74, 6) is -0.263. The van der Waals surface area contributed by atoms with Gasteiger partial charge >= 0.3 is 0 Å². The third kappa shape index (κ3) is 3.26. The van der Waals surface area contributed by atoms with E-state index < -0.39 is 10.0 Å². The van der Waals surface area contributed by atoms with E-state index >= 15 is 0 Å². The summed E-state index contributed by atoms with van der Waals surface area (Å²) in [6, 6.07) is 0. The minimum atomic E-state index is -3.11. The minimum Gasteiger partial charge on any atom is -0.370 e. The fourth-order valence-electron chi connectivity index (χ4n) is 1.78. The Morgan fingerprint density at radius 2 is 2.21 bits per heavy atom. The predicted octanol–water partition coefficient (Wildman–Crippen LogP) is -0.467. The highest BCUT2D eigenvalue weighted by atomic mass is 32.2. The highest BCUT2D eigenvalue weighted by molar-refractivity contribution is 7.88. The average molecular weight is 220 g/mol. The molecule has 1 aliphatic heterocycles. The quantitative estimate of drug-likeness (QED) is 0.698. The summed E-state index contributed by atoms with van der Waals surface area (Å²) in [7, 11) is -3.11. The van der Waals surface area contributed by atoms with Crippen LogP contribution in [0.1, 0.15) is 19.3 Å². The molecule has 1 saturated heterocycles. The van der Waals surface area contributed by atoms with E-state index in [1.54, 1.807) is 0 Å². The molecule has 0 saturated carbocycles. The summed E-state index contributed by atoms with van der Waals surface area (Å²) in [5.41, 5.74) is 5.07. The molecule has 0 unspecified atom stereocenters. The largest absolute Gasteiger partial charge is 0.370 e. The molecular weight excluding hydrogens is 204 g/mol. The predicted molar refractivity (Wildman–Crippen MR) is 53.0 cm³/mol. The van der Waals surface area contributed by atoms with Crippen LogP contribution in [0.2, 0.25) is 0 Å². The zero-order valence-electron chi connectivity index (χ0n) is 8.27. The Hall–Kier alpha value is -0.620. The van der Waals surface area contributed by atoms with Crippen molar-refractivity contribution in [2.45, 2.75) is 19.3 Å². The first kappa shape index (κ1) is 11.5.